The lowest BCUT2D eigenvalue weighted by molar-refractivity contribution is -0.113. The average Bonchev–Trinajstić information content (AvgIpc) is 2.02. The standard InChI is InChI=1S/C9H7ClFNO/c10-7-3-1-6(8(11)5-7)2-4-9(12)13/h1-5H,(H2,12,13)/b4-2+. The molecule has 0 radical (unpaired) electrons. The van der Waals surface area contributed by atoms with E-state index in [4.69, 9.17) is 17.3 Å². The number of halogens is 2. The van der Waals surface area contributed by atoms with E-state index < -0.39 is 11.7 Å². The summed E-state index contributed by atoms with van der Waals surface area (Å²) in [5.74, 6) is -1.10. The molecule has 0 atom stereocenters. The van der Waals surface area contributed by atoms with E-state index in [-0.39, 0.29) is 5.56 Å². The van der Waals surface area contributed by atoms with Crippen molar-refractivity contribution in [3.63, 3.8) is 0 Å². The Morgan fingerprint density at radius 2 is 2.23 bits per heavy atom. The Hall–Kier alpha value is -1.35. The van der Waals surface area contributed by atoms with Crippen LogP contribution in [0.25, 0.3) is 6.08 Å². The third-order valence-electron chi connectivity index (χ3n) is 1.39. The van der Waals surface area contributed by atoms with E-state index in [9.17, 15) is 9.18 Å². The molecule has 0 fully saturated rings. The van der Waals surface area contributed by atoms with Crippen molar-refractivity contribution in [1.82, 2.24) is 0 Å². The van der Waals surface area contributed by atoms with Crippen LogP contribution < -0.4 is 5.73 Å². The first kappa shape index (κ1) is 9.74. The van der Waals surface area contributed by atoms with Gasteiger partial charge in [0, 0.05) is 16.7 Å². The molecule has 1 aromatic rings. The van der Waals surface area contributed by atoms with Gasteiger partial charge in [0.15, 0.2) is 0 Å². The van der Waals surface area contributed by atoms with E-state index in [1.807, 2.05) is 0 Å². The number of rotatable bonds is 2. The number of carbonyl (C=O) groups excluding carboxylic acids is 1. The maximum absolute atomic E-state index is 13.0. The second kappa shape index (κ2) is 4.05. The Morgan fingerprint density at radius 3 is 2.77 bits per heavy atom. The summed E-state index contributed by atoms with van der Waals surface area (Å²) in [7, 11) is 0. The van der Waals surface area contributed by atoms with Crippen LogP contribution in [0.3, 0.4) is 0 Å². The first-order chi connectivity index (χ1) is 6.09. The molecule has 0 aromatic heterocycles. The molecule has 0 saturated heterocycles. The zero-order chi connectivity index (χ0) is 9.84. The molecule has 2 nitrogen and oxygen atoms in total. The highest BCUT2D eigenvalue weighted by Gasteiger charge is 1.98. The van der Waals surface area contributed by atoms with Gasteiger partial charge in [-0.05, 0) is 18.2 Å². The van der Waals surface area contributed by atoms with Crippen LogP contribution in [0.15, 0.2) is 24.3 Å². The number of nitrogens with two attached hydrogens (primary N) is 1. The SMILES string of the molecule is NC(=O)/C=C/c1ccc(Cl)cc1F. The highest BCUT2D eigenvalue weighted by atomic mass is 35.5. The van der Waals surface area contributed by atoms with Gasteiger partial charge in [0.05, 0.1) is 0 Å². The first-order valence-corrected chi connectivity index (χ1v) is 3.90. The van der Waals surface area contributed by atoms with Gasteiger partial charge in [-0.3, -0.25) is 4.79 Å². The van der Waals surface area contributed by atoms with E-state index in [1.54, 1.807) is 0 Å². The van der Waals surface area contributed by atoms with Crippen LogP contribution in [0, 0.1) is 5.82 Å². The molecular formula is C9H7ClFNO. The van der Waals surface area contributed by atoms with Crippen LogP contribution in [0.5, 0.6) is 0 Å². The van der Waals surface area contributed by atoms with Gasteiger partial charge in [0.2, 0.25) is 5.91 Å². The summed E-state index contributed by atoms with van der Waals surface area (Å²) in [5.41, 5.74) is 5.13. The highest BCUT2D eigenvalue weighted by molar-refractivity contribution is 6.30. The third-order valence-corrected chi connectivity index (χ3v) is 1.62. The van der Waals surface area contributed by atoms with Crippen molar-refractivity contribution in [2.45, 2.75) is 0 Å². The van der Waals surface area contributed by atoms with Gasteiger partial charge in [-0.25, -0.2) is 4.39 Å². The summed E-state index contributed by atoms with van der Waals surface area (Å²) in [4.78, 5) is 10.3. The maximum atomic E-state index is 13.0. The summed E-state index contributed by atoms with van der Waals surface area (Å²) in [6.07, 6.45) is 2.39. The Kier molecular flexibility index (Phi) is 3.03. The van der Waals surface area contributed by atoms with Crippen molar-refractivity contribution in [1.29, 1.82) is 0 Å². The average molecular weight is 200 g/mol. The smallest absolute Gasteiger partial charge is 0.241 e. The largest absolute Gasteiger partial charge is 0.366 e. The number of carbonyl (C=O) groups is 1. The lowest BCUT2D eigenvalue weighted by atomic mass is 10.2. The number of primary amides is 1. The molecule has 2 N–H and O–H groups in total. The van der Waals surface area contributed by atoms with Gasteiger partial charge >= 0.3 is 0 Å². The van der Waals surface area contributed by atoms with Gasteiger partial charge in [-0.15, -0.1) is 0 Å². The molecule has 4 heteroatoms. The lowest BCUT2D eigenvalue weighted by Gasteiger charge is -1.95. The molecule has 0 aliphatic rings. The Balaban J connectivity index is 2.96. The first-order valence-electron chi connectivity index (χ1n) is 3.52. The summed E-state index contributed by atoms with van der Waals surface area (Å²) < 4.78 is 13.0. The van der Waals surface area contributed by atoms with E-state index in [1.165, 1.54) is 24.3 Å². The number of hydrogen-bond acceptors (Lipinski definition) is 1. The third kappa shape index (κ3) is 2.87. The van der Waals surface area contributed by atoms with Gasteiger partial charge in [-0.2, -0.15) is 0 Å². The predicted molar refractivity (Wildman–Crippen MR) is 49.6 cm³/mol. The summed E-state index contributed by atoms with van der Waals surface area (Å²) >= 11 is 5.52. The summed E-state index contributed by atoms with van der Waals surface area (Å²) in [6, 6.07) is 4.17. The molecule has 0 saturated carbocycles. The summed E-state index contributed by atoms with van der Waals surface area (Å²) in [6.45, 7) is 0. The Morgan fingerprint density at radius 1 is 1.54 bits per heavy atom. The number of hydrogen-bond donors (Lipinski definition) is 1. The Labute approximate surface area is 79.8 Å². The van der Waals surface area contributed by atoms with E-state index in [0.717, 1.165) is 6.08 Å². The minimum absolute atomic E-state index is 0.281. The minimum atomic E-state index is -0.616. The molecule has 1 amide bonds. The van der Waals surface area contributed by atoms with Gasteiger partial charge in [0.1, 0.15) is 5.82 Å². The normalized spacial score (nSPS) is 10.6. The van der Waals surface area contributed by atoms with Crippen LogP contribution in [-0.2, 0) is 4.79 Å². The van der Waals surface area contributed by atoms with Crippen LogP contribution in [0.1, 0.15) is 5.56 Å². The zero-order valence-electron chi connectivity index (χ0n) is 6.63. The van der Waals surface area contributed by atoms with Crippen molar-refractivity contribution in [3.05, 3.63) is 40.7 Å². The molecule has 0 heterocycles. The van der Waals surface area contributed by atoms with E-state index in [0.29, 0.717) is 5.02 Å². The van der Waals surface area contributed by atoms with Crippen molar-refractivity contribution in [2.24, 2.45) is 5.73 Å². The van der Waals surface area contributed by atoms with Crippen molar-refractivity contribution < 1.29 is 9.18 Å². The number of amides is 1. The lowest BCUT2D eigenvalue weighted by Crippen LogP contribution is -2.05. The molecular weight excluding hydrogens is 193 g/mol. The monoisotopic (exact) mass is 199 g/mol. The van der Waals surface area contributed by atoms with Gasteiger partial charge in [0.25, 0.3) is 0 Å². The topological polar surface area (TPSA) is 43.1 Å². The van der Waals surface area contributed by atoms with Crippen LogP contribution in [0.4, 0.5) is 4.39 Å². The minimum Gasteiger partial charge on any atom is -0.366 e. The molecule has 1 aromatic carbocycles. The van der Waals surface area contributed by atoms with Crippen molar-refractivity contribution in [2.75, 3.05) is 0 Å². The molecule has 0 unspecified atom stereocenters. The molecule has 0 spiro atoms. The quantitative estimate of drug-likeness (QED) is 0.728. The predicted octanol–water partition coefficient (Wildman–Crippen LogP) is 1.98. The van der Waals surface area contributed by atoms with Crippen LogP contribution in [0.2, 0.25) is 5.02 Å². The molecule has 1 rings (SSSR count). The fourth-order valence-corrected chi connectivity index (χ4v) is 0.967. The molecule has 0 aliphatic heterocycles. The molecule has 0 bridgehead atoms. The highest BCUT2D eigenvalue weighted by Crippen LogP contribution is 2.15. The molecule has 0 aliphatic carbocycles. The van der Waals surface area contributed by atoms with Crippen LogP contribution in [-0.4, -0.2) is 5.91 Å². The van der Waals surface area contributed by atoms with E-state index >= 15 is 0 Å². The van der Waals surface area contributed by atoms with Gasteiger partial charge in [-0.1, -0.05) is 17.7 Å². The van der Waals surface area contributed by atoms with Crippen molar-refractivity contribution >= 4 is 23.6 Å². The van der Waals surface area contributed by atoms with Crippen LogP contribution >= 0.6 is 11.6 Å². The fourth-order valence-electron chi connectivity index (χ4n) is 0.809. The second-order valence-corrected chi connectivity index (χ2v) is 2.84. The fraction of sp³-hybridized carbons (Fsp3) is 0. The zero-order valence-corrected chi connectivity index (χ0v) is 7.38. The van der Waals surface area contributed by atoms with E-state index in [2.05, 4.69) is 0 Å². The molecule has 13 heavy (non-hydrogen) atoms. The number of benzene rings is 1. The Bertz CT molecular complexity index is 363. The summed E-state index contributed by atoms with van der Waals surface area (Å²) in [5, 5.41) is 0.314. The second-order valence-electron chi connectivity index (χ2n) is 2.40. The van der Waals surface area contributed by atoms with Crippen molar-refractivity contribution in [3.8, 4) is 0 Å². The maximum Gasteiger partial charge on any atom is 0.241 e. The van der Waals surface area contributed by atoms with Gasteiger partial charge < -0.3 is 5.73 Å². The molecule has 68 valence electrons.